The maximum absolute atomic E-state index is 12.3. The van der Waals surface area contributed by atoms with Crippen molar-refractivity contribution in [2.24, 2.45) is 29.6 Å². The van der Waals surface area contributed by atoms with Crippen LogP contribution in [0, 0.1) is 29.6 Å². The van der Waals surface area contributed by atoms with E-state index < -0.39 is 12.6 Å². The molecule has 0 amide bonds. The van der Waals surface area contributed by atoms with Crippen LogP contribution in [0.4, 0.5) is 13.2 Å². The zero-order valence-electron chi connectivity index (χ0n) is 16.8. The van der Waals surface area contributed by atoms with Crippen LogP contribution in [0.3, 0.4) is 0 Å². The Bertz CT molecular complexity index is 416. The second-order valence-electron chi connectivity index (χ2n) is 9.27. The molecule has 27 heavy (non-hydrogen) atoms. The third-order valence-corrected chi connectivity index (χ3v) is 7.40. The summed E-state index contributed by atoms with van der Waals surface area (Å²) >= 11 is 0. The van der Waals surface area contributed by atoms with Crippen LogP contribution in [0.2, 0.25) is 0 Å². The van der Waals surface area contributed by atoms with Crippen LogP contribution in [0.5, 0.6) is 0 Å². The molecule has 0 aromatic rings. The van der Waals surface area contributed by atoms with Crippen LogP contribution in [0.15, 0.2) is 0 Å². The highest BCUT2D eigenvalue weighted by Crippen LogP contribution is 2.43. The zero-order chi connectivity index (χ0) is 19.3. The van der Waals surface area contributed by atoms with Gasteiger partial charge in [-0.25, -0.2) is 0 Å². The minimum absolute atomic E-state index is 0.119. The van der Waals surface area contributed by atoms with E-state index in [1.807, 2.05) is 0 Å². The topological polar surface area (TPSA) is 18.5 Å². The summed E-state index contributed by atoms with van der Waals surface area (Å²) in [5, 5.41) is 0. The first-order valence-corrected chi connectivity index (χ1v) is 11.2. The van der Waals surface area contributed by atoms with Crippen molar-refractivity contribution in [2.45, 2.75) is 96.4 Å². The lowest BCUT2D eigenvalue weighted by Gasteiger charge is -2.41. The van der Waals surface area contributed by atoms with E-state index in [0.717, 1.165) is 17.8 Å². The van der Waals surface area contributed by atoms with E-state index in [1.165, 1.54) is 57.8 Å². The summed E-state index contributed by atoms with van der Waals surface area (Å²) in [7, 11) is 0. The predicted octanol–water partition coefficient (Wildman–Crippen LogP) is 6.73. The summed E-state index contributed by atoms with van der Waals surface area (Å²) in [6.45, 7) is 3.44. The predicted molar refractivity (Wildman–Crippen MR) is 100 cm³/mol. The standard InChI is InChI=1S/C22H37F3O2/c1-2-16-5-7-18(8-6-16)19-9-11-20(12-10-19)21-26-14-17(15-27-21)4-3-13-22(23,24)25/h16-21H,2-15H2,1H3/t16-,17-,18-,19?,20?,21-. The molecule has 0 aromatic carbocycles. The molecule has 2 nitrogen and oxygen atoms in total. The quantitative estimate of drug-likeness (QED) is 0.500. The Morgan fingerprint density at radius 1 is 0.741 bits per heavy atom. The van der Waals surface area contributed by atoms with Gasteiger partial charge in [-0.15, -0.1) is 0 Å². The Morgan fingerprint density at radius 2 is 1.26 bits per heavy atom. The molecule has 5 heteroatoms. The lowest BCUT2D eigenvalue weighted by Crippen LogP contribution is -2.39. The van der Waals surface area contributed by atoms with Crippen molar-refractivity contribution in [3.05, 3.63) is 0 Å². The van der Waals surface area contributed by atoms with Gasteiger partial charge in [0.25, 0.3) is 0 Å². The van der Waals surface area contributed by atoms with Crippen molar-refractivity contribution >= 4 is 0 Å². The van der Waals surface area contributed by atoms with E-state index in [1.54, 1.807) is 0 Å². The highest BCUT2D eigenvalue weighted by Gasteiger charge is 2.36. The SMILES string of the molecule is CC[C@H]1CC[C@H](C2CCC([C@H]3OC[C@H](CCCC(F)(F)F)CO3)CC2)CC1. The van der Waals surface area contributed by atoms with E-state index in [-0.39, 0.29) is 18.6 Å². The minimum Gasteiger partial charge on any atom is -0.352 e. The van der Waals surface area contributed by atoms with Crippen molar-refractivity contribution in [1.29, 1.82) is 0 Å². The van der Waals surface area contributed by atoms with Crippen LogP contribution >= 0.6 is 0 Å². The molecule has 3 fully saturated rings. The Hall–Kier alpha value is -0.290. The lowest BCUT2D eigenvalue weighted by atomic mass is 9.69. The first-order valence-electron chi connectivity index (χ1n) is 11.2. The summed E-state index contributed by atoms with van der Waals surface area (Å²) in [4.78, 5) is 0. The zero-order valence-corrected chi connectivity index (χ0v) is 16.8. The third-order valence-electron chi connectivity index (χ3n) is 7.40. The van der Waals surface area contributed by atoms with Crippen LogP contribution in [-0.2, 0) is 9.47 Å². The highest BCUT2D eigenvalue weighted by atomic mass is 19.4. The van der Waals surface area contributed by atoms with Gasteiger partial charge < -0.3 is 9.47 Å². The van der Waals surface area contributed by atoms with Crippen molar-refractivity contribution in [1.82, 2.24) is 0 Å². The molecule has 2 aliphatic carbocycles. The third kappa shape index (κ3) is 6.62. The van der Waals surface area contributed by atoms with Gasteiger partial charge >= 0.3 is 6.18 Å². The van der Waals surface area contributed by atoms with E-state index in [0.29, 0.717) is 25.6 Å². The summed E-state index contributed by atoms with van der Waals surface area (Å²) in [5.74, 6) is 3.38. The Balaban J connectivity index is 1.31. The molecule has 0 unspecified atom stereocenters. The smallest absolute Gasteiger partial charge is 0.352 e. The fraction of sp³-hybridized carbons (Fsp3) is 1.00. The van der Waals surface area contributed by atoms with Gasteiger partial charge in [0.1, 0.15) is 0 Å². The van der Waals surface area contributed by atoms with Crippen molar-refractivity contribution in [2.75, 3.05) is 13.2 Å². The van der Waals surface area contributed by atoms with Crippen molar-refractivity contribution in [3.63, 3.8) is 0 Å². The lowest BCUT2D eigenvalue weighted by molar-refractivity contribution is -0.231. The molecule has 0 N–H and O–H groups in total. The largest absolute Gasteiger partial charge is 0.389 e. The van der Waals surface area contributed by atoms with Gasteiger partial charge in [-0.1, -0.05) is 26.2 Å². The summed E-state index contributed by atoms with van der Waals surface area (Å²) in [5.41, 5.74) is 0. The Labute approximate surface area is 162 Å². The van der Waals surface area contributed by atoms with Gasteiger partial charge in [0.2, 0.25) is 0 Å². The first kappa shape index (κ1) is 21.4. The molecule has 2 saturated carbocycles. The van der Waals surface area contributed by atoms with Crippen molar-refractivity contribution < 1.29 is 22.6 Å². The number of alkyl halides is 3. The molecule has 0 aromatic heterocycles. The number of rotatable bonds is 6. The van der Waals surface area contributed by atoms with Gasteiger partial charge in [-0.3, -0.25) is 0 Å². The second-order valence-corrected chi connectivity index (χ2v) is 9.27. The van der Waals surface area contributed by atoms with Crippen LogP contribution < -0.4 is 0 Å². The Morgan fingerprint density at radius 3 is 1.78 bits per heavy atom. The van der Waals surface area contributed by atoms with E-state index >= 15 is 0 Å². The van der Waals surface area contributed by atoms with E-state index in [9.17, 15) is 13.2 Å². The monoisotopic (exact) mass is 390 g/mol. The number of halogens is 3. The van der Waals surface area contributed by atoms with E-state index in [2.05, 4.69) is 6.92 Å². The van der Waals surface area contributed by atoms with Gasteiger partial charge in [-0.05, 0) is 69.1 Å². The van der Waals surface area contributed by atoms with Crippen LogP contribution in [0.1, 0.15) is 84.0 Å². The maximum Gasteiger partial charge on any atom is 0.389 e. The highest BCUT2D eigenvalue weighted by molar-refractivity contribution is 4.83. The molecule has 0 radical (unpaired) electrons. The number of ether oxygens (including phenoxy) is 2. The average molecular weight is 391 g/mol. The molecular weight excluding hydrogens is 353 g/mol. The van der Waals surface area contributed by atoms with Crippen LogP contribution in [0.25, 0.3) is 0 Å². The summed E-state index contributed by atoms with van der Waals surface area (Å²) < 4.78 is 48.6. The fourth-order valence-corrected chi connectivity index (χ4v) is 5.54. The molecule has 3 rings (SSSR count). The molecule has 1 saturated heterocycles. The molecule has 0 spiro atoms. The molecule has 1 heterocycles. The second kappa shape index (κ2) is 9.96. The molecule has 158 valence electrons. The molecule has 1 aliphatic heterocycles. The normalized spacial score (nSPS) is 38.7. The minimum atomic E-state index is -4.05. The van der Waals surface area contributed by atoms with E-state index in [4.69, 9.17) is 9.47 Å². The Kier molecular flexibility index (Phi) is 7.90. The molecule has 3 aliphatic rings. The van der Waals surface area contributed by atoms with Gasteiger partial charge in [0, 0.05) is 18.3 Å². The summed E-state index contributed by atoms with van der Waals surface area (Å²) in [6.07, 6.45) is 7.83. The van der Waals surface area contributed by atoms with Crippen LogP contribution in [-0.4, -0.2) is 25.7 Å². The molecular formula is C22H37F3O2. The number of hydrogen-bond donors (Lipinski definition) is 0. The molecule has 0 atom stereocenters. The van der Waals surface area contributed by atoms with Gasteiger partial charge in [0.15, 0.2) is 6.29 Å². The maximum atomic E-state index is 12.3. The molecule has 0 bridgehead atoms. The number of hydrogen-bond acceptors (Lipinski definition) is 2. The van der Waals surface area contributed by atoms with Crippen molar-refractivity contribution in [3.8, 4) is 0 Å². The van der Waals surface area contributed by atoms with Gasteiger partial charge in [-0.2, -0.15) is 13.2 Å². The van der Waals surface area contributed by atoms with Gasteiger partial charge in [0.05, 0.1) is 13.2 Å². The first-order chi connectivity index (χ1) is 12.9. The average Bonchev–Trinajstić information content (AvgIpc) is 2.68. The fourth-order valence-electron chi connectivity index (χ4n) is 5.54. The summed E-state index contributed by atoms with van der Waals surface area (Å²) in [6, 6.07) is 0.